The Morgan fingerprint density at radius 1 is 1.09 bits per heavy atom. The summed E-state index contributed by atoms with van der Waals surface area (Å²) < 4.78 is 5.50. The first-order chi connectivity index (χ1) is 10.8. The fraction of sp³-hybridized carbons (Fsp3) is 0.684. The van der Waals surface area contributed by atoms with E-state index in [1.54, 1.807) is 12.0 Å². The molecule has 0 bridgehead atoms. The SMILES string of the molecule is COc1ccccc1C[NH+]1CC[NH+]([C@@H]2CCC[C@@H](C)C2)CC1. The molecule has 2 atom stereocenters. The van der Waals surface area contributed by atoms with Crippen LogP contribution < -0.4 is 14.5 Å². The number of hydrogen-bond acceptors (Lipinski definition) is 1. The van der Waals surface area contributed by atoms with E-state index < -0.39 is 0 Å². The van der Waals surface area contributed by atoms with Crippen molar-refractivity contribution in [1.29, 1.82) is 0 Å². The van der Waals surface area contributed by atoms with Crippen LogP contribution in [0.3, 0.4) is 0 Å². The molecule has 1 heterocycles. The van der Waals surface area contributed by atoms with Crippen molar-refractivity contribution >= 4 is 0 Å². The zero-order chi connectivity index (χ0) is 15.4. The molecule has 2 aliphatic rings. The molecule has 3 heteroatoms. The van der Waals surface area contributed by atoms with Crippen molar-refractivity contribution in [1.82, 2.24) is 0 Å². The number of rotatable bonds is 4. The van der Waals surface area contributed by atoms with Gasteiger partial charge in [0.05, 0.1) is 13.2 Å². The van der Waals surface area contributed by atoms with Gasteiger partial charge < -0.3 is 14.5 Å². The largest absolute Gasteiger partial charge is 0.496 e. The molecule has 3 nitrogen and oxygen atoms in total. The highest BCUT2D eigenvalue weighted by molar-refractivity contribution is 5.32. The van der Waals surface area contributed by atoms with Gasteiger partial charge in [-0.05, 0) is 30.9 Å². The van der Waals surface area contributed by atoms with Crippen LogP contribution in [0.5, 0.6) is 5.75 Å². The van der Waals surface area contributed by atoms with Crippen LogP contribution in [0.4, 0.5) is 0 Å². The molecule has 0 aromatic heterocycles. The molecule has 0 spiro atoms. The maximum absolute atomic E-state index is 5.50. The van der Waals surface area contributed by atoms with Crippen LogP contribution in [0.25, 0.3) is 0 Å². The zero-order valence-corrected chi connectivity index (χ0v) is 14.2. The van der Waals surface area contributed by atoms with Crippen LogP contribution in [0.15, 0.2) is 24.3 Å². The Morgan fingerprint density at radius 2 is 1.86 bits per heavy atom. The number of ether oxygens (including phenoxy) is 1. The topological polar surface area (TPSA) is 18.1 Å². The molecule has 22 heavy (non-hydrogen) atoms. The highest BCUT2D eigenvalue weighted by Gasteiger charge is 2.32. The van der Waals surface area contributed by atoms with Crippen LogP contribution >= 0.6 is 0 Å². The number of quaternary nitrogens is 2. The van der Waals surface area contributed by atoms with Crippen molar-refractivity contribution in [2.75, 3.05) is 33.3 Å². The summed E-state index contributed by atoms with van der Waals surface area (Å²) in [4.78, 5) is 3.60. The van der Waals surface area contributed by atoms with Gasteiger partial charge in [0.1, 0.15) is 38.5 Å². The Morgan fingerprint density at radius 3 is 2.59 bits per heavy atom. The van der Waals surface area contributed by atoms with E-state index in [4.69, 9.17) is 4.74 Å². The predicted octanol–water partition coefficient (Wildman–Crippen LogP) is 0.557. The van der Waals surface area contributed by atoms with E-state index in [9.17, 15) is 0 Å². The number of benzene rings is 1. The number of hydrogen-bond donors (Lipinski definition) is 2. The van der Waals surface area contributed by atoms with Gasteiger partial charge in [-0.25, -0.2) is 0 Å². The molecular formula is C19H32N2O+2. The average molecular weight is 304 g/mol. The summed E-state index contributed by atoms with van der Waals surface area (Å²) in [5, 5.41) is 0. The van der Waals surface area contributed by atoms with Crippen molar-refractivity contribution in [2.24, 2.45) is 5.92 Å². The van der Waals surface area contributed by atoms with Crippen molar-refractivity contribution < 1.29 is 14.5 Å². The van der Waals surface area contributed by atoms with Crippen LogP contribution in [0, 0.1) is 5.92 Å². The summed E-state index contributed by atoms with van der Waals surface area (Å²) in [6.45, 7) is 8.85. The number of methoxy groups -OCH3 is 1. The van der Waals surface area contributed by atoms with Crippen LogP contribution in [0.2, 0.25) is 0 Å². The monoisotopic (exact) mass is 304 g/mol. The molecule has 0 radical (unpaired) electrons. The number of nitrogens with one attached hydrogen (secondary N) is 2. The first-order valence-electron chi connectivity index (χ1n) is 9.06. The Hall–Kier alpha value is -1.06. The summed E-state index contributed by atoms with van der Waals surface area (Å²) in [7, 11) is 1.78. The third kappa shape index (κ3) is 3.82. The summed E-state index contributed by atoms with van der Waals surface area (Å²) in [6, 6.07) is 9.43. The van der Waals surface area contributed by atoms with E-state index in [2.05, 4.69) is 31.2 Å². The number of piperazine rings is 1. The summed E-state index contributed by atoms with van der Waals surface area (Å²) in [5.41, 5.74) is 1.36. The second-order valence-corrected chi connectivity index (χ2v) is 7.37. The van der Waals surface area contributed by atoms with Gasteiger partial charge in [-0.1, -0.05) is 25.5 Å². The molecule has 122 valence electrons. The van der Waals surface area contributed by atoms with Gasteiger partial charge in [-0.3, -0.25) is 0 Å². The third-order valence-corrected chi connectivity index (χ3v) is 5.75. The van der Waals surface area contributed by atoms with E-state index in [1.165, 1.54) is 57.4 Å². The van der Waals surface area contributed by atoms with E-state index in [0.29, 0.717) is 0 Å². The van der Waals surface area contributed by atoms with Gasteiger partial charge in [-0.2, -0.15) is 0 Å². The Balaban J connectivity index is 1.51. The molecule has 1 saturated carbocycles. The lowest BCUT2D eigenvalue weighted by Crippen LogP contribution is -3.29. The molecular weight excluding hydrogens is 272 g/mol. The fourth-order valence-corrected chi connectivity index (χ4v) is 4.43. The van der Waals surface area contributed by atoms with Gasteiger partial charge in [-0.15, -0.1) is 0 Å². The molecule has 2 N–H and O–H groups in total. The zero-order valence-electron chi connectivity index (χ0n) is 14.2. The van der Waals surface area contributed by atoms with Gasteiger partial charge in [0.2, 0.25) is 0 Å². The van der Waals surface area contributed by atoms with Crippen LogP contribution in [-0.2, 0) is 6.54 Å². The maximum Gasteiger partial charge on any atom is 0.127 e. The Kier molecular flexibility index (Phi) is 5.37. The first kappa shape index (κ1) is 15.8. The molecule has 3 rings (SSSR count). The minimum absolute atomic E-state index is 0.941. The van der Waals surface area contributed by atoms with E-state index >= 15 is 0 Å². The summed E-state index contributed by atoms with van der Waals surface area (Å²) >= 11 is 0. The second-order valence-electron chi connectivity index (χ2n) is 7.37. The lowest BCUT2D eigenvalue weighted by Gasteiger charge is -2.37. The molecule has 1 aliphatic carbocycles. The molecule has 1 aromatic rings. The van der Waals surface area contributed by atoms with Gasteiger partial charge in [0, 0.05) is 12.0 Å². The van der Waals surface area contributed by atoms with Crippen molar-refractivity contribution in [3.05, 3.63) is 29.8 Å². The minimum atomic E-state index is 0.941. The van der Waals surface area contributed by atoms with Crippen molar-refractivity contribution in [3.8, 4) is 5.75 Å². The van der Waals surface area contributed by atoms with Crippen LogP contribution in [0.1, 0.15) is 38.2 Å². The molecule has 1 saturated heterocycles. The van der Waals surface area contributed by atoms with Gasteiger partial charge in [0.15, 0.2) is 0 Å². The molecule has 0 unspecified atom stereocenters. The van der Waals surface area contributed by atoms with Gasteiger partial charge >= 0.3 is 0 Å². The first-order valence-corrected chi connectivity index (χ1v) is 9.06. The van der Waals surface area contributed by atoms with E-state index in [-0.39, 0.29) is 0 Å². The highest BCUT2D eigenvalue weighted by Crippen LogP contribution is 2.22. The number of para-hydroxylation sites is 1. The third-order valence-electron chi connectivity index (χ3n) is 5.75. The Labute approximate surface area is 135 Å². The van der Waals surface area contributed by atoms with E-state index in [1.807, 2.05) is 4.90 Å². The summed E-state index contributed by atoms with van der Waals surface area (Å²) in [6.07, 6.45) is 5.82. The molecule has 0 amide bonds. The highest BCUT2D eigenvalue weighted by atomic mass is 16.5. The average Bonchev–Trinajstić information content (AvgIpc) is 2.56. The fourth-order valence-electron chi connectivity index (χ4n) is 4.43. The second kappa shape index (κ2) is 7.47. The molecule has 1 aromatic carbocycles. The van der Waals surface area contributed by atoms with Crippen LogP contribution in [-0.4, -0.2) is 39.3 Å². The van der Waals surface area contributed by atoms with E-state index in [0.717, 1.165) is 24.3 Å². The Bertz CT molecular complexity index is 468. The van der Waals surface area contributed by atoms with Crippen molar-refractivity contribution in [3.63, 3.8) is 0 Å². The van der Waals surface area contributed by atoms with Crippen molar-refractivity contribution in [2.45, 2.75) is 45.2 Å². The summed E-state index contributed by atoms with van der Waals surface area (Å²) in [5.74, 6) is 2.00. The standard InChI is InChI=1S/C19H30N2O/c1-16-6-5-8-18(14-16)21-12-10-20(11-13-21)15-17-7-3-4-9-19(17)22-2/h3-4,7,9,16,18H,5-6,8,10-15H2,1-2H3/p+2/t16-,18-/m1/s1. The maximum atomic E-state index is 5.50. The van der Waals surface area contributed by atoms with Gasteiger partial charge in [0.25, 0.3) is 0 Å². The molecule has 1 aliphatic heterocycles. The lowest BCUT2D eigenvalue weighted by atomic mass is 9.86. The lowest BCUT2D eigenvalue weighted by molar-refractivity contribution is -1.03. The molecule has 2 fully saturated rings. The quantitative estimate of drug-likeness (QED) is 0.832. The minimum Gasteiger partial charge on any atom is -0.496 e. The predicted molar refractivity (Wildman–Crippen MR) is 89.5 cm³/mol. The smallest absolute Gasteiger partial charge is 0.127 e. The normalized spacial score (nSPS) is 32.6.